The van der Waals surface area contributed by atoms with Crippen LogP contribution in [0.15, 0.2) is 84.9 Å². The molecule has 0 unspecified atom stereocenters. The molecular weight excluding hydrogens is 350 g/mol. The highest BCUT2D eigenvalue weighted by molar-refractivity contribution is 5.86. The Hall–Kier alpha value is -3.21. The second-order valence-electron chi connectivity index (χ2n) is 6.70. The highest BCUT2D eigenvalue weighted by Crippen LogP contribution is 2.22. The van der Waals surface area contributed by atoms with Gasteiger partial charge in [-0.2, -0.15) is 0 Å². The molecule has 0 saturated heterocycles. The zero-order valence-electron chi connectivity index (χ0n) is 15.6. The zero-order chi connectivity index (χ0) is 20.1. The van der Waals surface area contributed by atoms with Gasteiger partial charge in [0.2, 0.25) is 0 Å². The lowest BCUT2D eigenvalue weighted by molar-refractivity contribution is -0.146. The van der Waals surface area contributed by atoms with Crippen molar-refractivity contribution >= 4 is 27.5 Å². The highest BCUT2D eigenvalue weighted by atomic mass is 16.4. The molecule has 4 aromatic rings. The van der Waals surface area contributed by atoms with E-state index in [0.717, 1.165) is 10.8 Å². The predicted octanol–water partition coefficient (Wildman–Crippen LogP) is 4.82. The molecule has 0 radical (unpaired) electrons. The van der Waals surface area contributed by atoms with Gasteiger partial charge in [-0.1, -0.05) is 78.9 Å². The molecule has 4 aromatic carbocycles. The molecule has 4 heteroatoms. The van der Waals surface area contributed by atoms with Gasteiger partial charge in [-0.3, -0.25) is 0 Å². The third-order valence-corrected chi connectivity index (χ3v) is 4.64. The van der Waals surface area contributed by atoms with Crippen molar-refractivity contribution < 1.29 is 15.0 Å². The Bertz CT molecular complexity index is 1100. The fourth-order valence-electron chi connectivity index (χ4n) is 3.17. The fraction of sp³-hybridized carbons (Fsp3) is 0.125. The summed E-state index contributed by atoms with van der Waals surface area (Å²) in [5.41, 5.74) is 7.50. The van der Waals surface area contributed by atoms with Gasteiger partial charge in [0.1, 0.15) is 0 Å². The second kappa shape index (κ2) is 8.65. The number of aliphatic hydroxyl groups is 1. The number of carboxylic acid groups (broad SMARTS) is 1. The van der Waals surface area contributed by atoms with Crippen LogP contribution < -0.4 is 5.73 Å². The highest BCUT2D eigenvalue weighted by Gasteiger charge is 2.15. The molecule has 0 saturated carbocycles. The van der Waals surface area contributed by atoms with Gasteiger partial charge in [-0.25, -0.2) is 4.79 Å². The van der Waals surface area contributed by atoms with Gasteiger partial charge in [-0.15, -0.1) is 0 Å². The van der Waals surface area contributed by atoms with Gasteiger partial charge in [0.05, 0.1) is 0 Å². The molecule has 0 bridgehead atoms. The van der Waals surface area contributed by atoms with E-state index >= 15 is 0 Å². The maximum atomic E-state index is 10.6. The number of fused-ring (bicyclic) bond motifs is 2. The molecule has 0 fully saturated rings. The Morgan fingerprint density at radius 3 is 2.11 bits per heavy atom. The van der Waals surface area contributed by atoms with Crippen LogP contribution in [0.5, 0.6) is 0 Å². The Kier molecular flexibility index (Phi) is 6.04. The van der Waals surface area contributed by atoms with Gasteiger partial charge in [-0.05, 0) is 45.7 Å². The molecule has 0 aliphatic heterocycles. The Morgan fingerprint density at radius 1 is 0.821 bits per heavy atom. The van der Waals surface area contributed by atoms with Crippen molar-refractivity contribution in [2.24, 2.45) is 5.73 Å². The molecule has 0 spiro atoms. The third-order valence-electron chi connectivity index (χ3n) is 4.64. The molecule has 28 heavy (non-hydrogen) atoms. The summed E-state index contributed by atoms with van der Waals surface area (Å²) >= 11 is 0. The molecule has 0 amide bonds. The Labute approximate surface area is 163 Å². The summed E-state index contributed by atoms with van der Waals surface area (Å²) in [6.07, 6.45) is -1.45. The van der Waals surface area contributed by atoms with E-state index in [2.05, 4.69) is 30.3 Å². The van der Waals surface area contributed by atoms with E-state index in [1.807, 2.05) is 43.3 Å². The molecule has 142 valence electrons. The van der Waals surface area contributed by atoms with E-state index in [9.17, 15) is 9.90 Å². The first-order valence-corrected chi connectivity index (χ1v) is 9.10. The maximum Gasteiger partial charge on any atom is 0.337 e. The van der Waals surface area contributed by atoms with Crippen LogP contribution in [0.25, 0.3) is 21.5 Å². The van der Waals surface area contributed by atoms with Gasteiger partial charge < -0.3 is 15.9 Å². The van der Waals surface area contributed by atoms with Crippen LogP contribution in [0.3, 0.4) is 0 Å². The molecular formula is C24H23NO3. The molecule has 4 nitrogen and oxygen atoms in total. The minimum atomic E-state index is -1.45. The van der Waals surface area contributed by atoms with Crippen LogP contribution in [0.4, 0.5) is 0 Å². The van der Waals surface area contributed by atoms with Crippen LogP contribution in [0.1, 0.15) is 30.2 Å². The first kappa shape index (κ1) is 19.5. The van der Waals surface area contributed by atoms with Crippen LogP contribution in [0, 0.1) is 0 Å². The third kappa shape index (κ3) is 4.36. The first-order chi connectivity index (χ1) is 13.5. The van der Waals surface area contributed by atoms with Crippen molar-refractivity contribution in [3.8, 4) is 0 Å². The van der Waals surface area contributed by atoms with Crippen molar-refractivity contribution in [2.45, 2.75) is 19.1 Å². The summed E-state index contributed by atoms with van der Waals surface area (Å²) in [7, 11) is 0. The zero-order valence-corrected chi connectivity index (χ0v) is 15.6. The van der Waals surface area contributed by atoms with Crippen LogP contribution >= 0.6 is 0 Å². The minimum absolute atomic E-state index is 0.103. The minimum Gasteiger partial charge on any atom is -0.479 e. The summed E-state index contributed by atoms with van der Waals surface area (Å²) < 4.78 is 0. The number of aliphatic hydroxyl groups excluding tert-OH is 1. The van der Waals surface area contributed by atoms with Crippen LogP contribution in [-0.2, 0) is 4.79 Å². The molecule has 0 aromatic heterocycles. The summed E-state index contributed by atoms with van der Waals surface area (Å²) in [6.45, 7) is 2.02. The van der Waals surface area contributed by atoms with Crippen molar-refractivity contribution in [3.05, 3.63) is 96.1 Å². The molecule has 0 aliphatic rings. The topological polar surface area (TPSA) is 83.6 Å². The van der Waals surface area contributed by atoms with Crippen molar-refractivity contribution in [3.63, 3.8) is 0 Å². The van der Waals surface area contributed by atoms with E-state index in [1.165, 1.54) is 16.3 Å². The molecule has 0 heterocycles. The summed E-state index contributed by atoms with van der Waals surface area (Å²) in [6, 6.07) is 27.4. The van der Waals surface area contributed by atoms with E-state index < -0.39 is 12.1 Å². The number of nitrogens with two attached hydrogens (primary N) is 1. The number of hydrogen-bond acceptors (Lipinski definition) is 3. The number of carboxylic acids is 1. The van der Waals surface area contributed by atoms with E-state index in [0.29, 0.717) is 5.56 Å². The molecule has 4 N–H and O–H groups in total. The summed E-state index contributed by atoms with van der Waals surface area (Å²) in [5.74, 6) is -1.23. The molecule has 4 rings (SSSR count). The average molecular weight is 373 g/mol. The van der Waals surface area contributed by atoms with E-state index in [-0.39, 0.29) is 6.04 Å². The van der Waals surface area contributed by atoms with E-state index in [4.69, 9.17) is 10.8 Å². The Morgan fingerprint density at radius 2 is 1.43 bits per heavy atom. The lowest BCUT2D eigenvalue weighted by atomic mass is 10.0. The smallest absolute Gasteiger partial charge is 0.337 e. The molecule has 2 atom stereocenters. The van der Waals surface area contributed by atoms with E-state index in [1.54, 1.807) is 18.2 Å². The summed E-state index contributed by atoms with van der Waals surface area (Å²) in [4.78, 5) is 10.6. The summed E-state index contributed by atoms with van der Waals surface area (Å²) in [5, 5.41) is 22.5. The van der Waals surface area contributed by atoms with Crippen LogP contribution in [0.2, 0.25) is 0 Å². The van der Waals surface area contributed by atoms with Crippen molar-refractivity contribution in [1.29, 1.82) is 0 Å². The lowest BCUT2D eigenvalue weighted by Crippen LogP contribution is -2.10. The number of aliphatic carboxylic acids is 1. The van der Waals surface area contributed by atoms with Gasteiger partial charge in [0, 0.05) is 6.04 Å². The second-order valence-corrected chi connectivity index (χ2v) is 6.70. The maximum absolute atomic E-state index is 10.6. The standard InChI is InChI=1S/C12H13N.C12H10O3/c1-9(13)11-8-4-6-10-5-2-3-7-12(10)11;13-11(12(14)15)10-6-5-8-3-1-2-4-9(8)7-10/h2-9H,13H2,1H3;1-7,11,13H,(H,14,15)/t9-;11-/m00/s1. The average Bonchev–Trinajstić information content (AvgIpc) is 2.72. The Balaban J connectivity index is 0.000000162. The largest absolute Gasteiger partial charge is 0.479 e. The fourth-order valence-corrected chi connectivity index (χ4v) is 3.17. The monoisotopic (exact) mass is 373 g/mol. The van der Waals surface area contributed by atoms with Gasteiger partial charge >= 0.3 is 5.97 Å². The number of benzene rings is 4. The van der Waals surface area contributed by atoms with Crippen molar-refractivity contribution in [1.82, 2.24) is 0 Å². The first-order valence-electron chi connectivity index (χ1n) is 9.10. The lowest BCUT2D eigenvalue weighted by Gasteiger charge is -2.09. The quantitative estimate of drug-likeness (QED) is 0.481. The van der Waals surface area contributed by atoms with Crippen LogP contribution in [-0.4, -0.2) is 16.2 Å². The molecule has 0 aliphatic carbocycles. The number of hydrogen-bond donors (Lipinski definition) is 3. The number of rotatable bonds is 3. The van der Waals surface area contributed by atoms with Crippen molar-refractivity contribution in [2.75, 3.05) is 0 Å². The van der Waals surface area contributed by atoms with Gasteiger partial charge in [0.25, 0.3) is 0 Å². The normalized spacial score (nSPS) is 12.8. The van der Waals surface area contributed by atoms with Gasteiger partial charge in [0.15, 0.2) is 6.10 Å². The SMILES string of the molecule is C[C@H](N)c1cccc2ccccc12.O=C(O)[C@@H](O)c1ccc2ccccc2c1. The number of carbonyl (C=O) groups is 1. The predicted molar refractivity (Wildman–Crippen MR) is 113 cm³/mol.